The van der Waals surface area contributed by atoms with Gasteiger partial charge in [0.2, 0.25) is 0 Å². The molecule has 0 N–H and O–H groups in total. The summed E-state index contributed by atoms with van der Waals surface area (Å²) in [6, 6.07) is 81.4. The van der Waals surface area contributed by atoms with Gasteiger partial charge in [0, 0.05) is 38.3 Å². The molecule has 304 valence electrons. The van der Waals surface area contributed by atoms with E-state index in [-0.39, 0.29) is 5.41 Å². The van der Waals surface area contributed by atoms with E-state index in [1.807, 2.05) is 0 Å². The Hall–Kier alpha value is -8.20. The first-order chi connectivity index (χ1) is 32.0. The quantitative estimate of drug-likeness (QED) is 0.156. The van der Waals surface area contributed by atoms with Crippen molar-refractivity contribution in [1.29, 1.82) is 0 Å². The van der Waals surface area contributed by atoms with Gasteiger partial charge in [0.15, 0.2) is 0 Å². The van der Waals surface area contributed by atoms with Crippen LogP contribution in [0.15, 0.2) is 218 Å². The minimum Gasteiger partial charge on any atom is -0.309 e. The molecular formula is C63H42N2. The first-order valence-electron chi connectivity index (χ1n) is 22.8. The zero-order valence-corrected chi connectivity index (χ0v) is 36.2. The number of rotatable bonds is 4. The summed E-state index contributed by atoms with van der Waals surface area (Å²) in [5.74, 6) is 0. The number of nitrogens with zero attached hydrogens (tertiary/aromatic N) is 2. The Kier molecular flexibility index (Phi) is 7.49. The van der Waals surface area contributed by atoms with E-state index in [9.17, 15) is 0 Å². The van der Waals surface area contributed by atoms with Crippen molar-refractivity contribution in [1.82, 2.24) is 9.13 Å². The summed E-state index contributed by atoms with van der Waals surface area (Å²) in [6.07, 6.45) is 0. The average Bonchev–Trinajstić information content (AvgIpc) is 3.95. The number of para-hydroxylation sites is 1. The van der Waals surface area contributed by atoms with Gasteiger partial charge in [-0.05, 0) is 144 Å². The van der Waals surface area contributed by atoms with Gasteiger partial charge in [-0.1, -0.05) is 166 Å². The van der Waals surface area contributed by atoms with Crippen LogP contribution in [0.1, 0.15) is 25.0 Å². The molecule has 0 fully saturated rings. The lowest BCUT2D eigenvalue weighted by atomic mass is 9.82. The largest absolute Gasteiger partial charge is 0.309 e. The molecule has 65 heavy (non-hydrogen) atoms. The van der Waals surface area contributed by atoms with Crippen LogP contribution in [0.4, 0.5) is 0 Å². The summed E-state index contributed by atoms with van der Waals surface area (Å²) in [6.45, 7) is 4.75. The van der Waals surface area contributed by atoms with Gasteiger partial charge in [-0.15, -0.1) is 0 Å². The Morgan fingerprint density at radius 3 is 1.49 bits per heavy atom. The third-order valence-electron chi connectivity index (χ3n) is 14.7. The number of benzene rings is 11. The lowest BCUT2D eigenvalue weighted by Gasteiger charge is -2.21. The normalized spacial score (nSPS) is 13.2. The fourth-order valence-electron chi connectivity index (χ4n) is 11.6. The van der Waals surface area contributed by atoms with Gasteiger partial charge in [0.05, 0.1) is 22.1 Å². The van der Waals surface area contributed by atoms with Crippen LogP contribution >= 0.6 is 0 Å². The average molecular weight is 827 g/mol. The van der Waals surface area contributed by atoms with Gasteiger partial charge >= 0.3 is 0 Å². The monoisotopic (exact) mass is 826 g/mol. The highest BCUT2D eigenvalue weighted by molar-refractivity contribution is 6.26. The van der Waals surface area contributed by atoms with Crippen molar-refractivity contribution in [3.8, 4) is 44.8 Å². The van der Waals surface area contributed by atoms with E-state index in [1.54, 1.807) is 0 Å². The zero-order chi connectivity index (χ0) is 43.0. The van der Waals surface area contributed by atoms with E-state index in [1.165, 1.54) is 126 Å². The molecule has 0 radical (unpaired) electrons. The highest BCUT2D eigenvalue weighted by Crippen LogP contribution is 2.51. The van der Waals surface area contributed by atoms with Crippen LogP contribution in [-0.2, 0) is 5.41 Å². The van der Waals surface area contributed by atoms with Crippen molar-refractivity contribution < 1.29 is 0 Å². The molecule has 0 bridgehead atoms. The van der Waals surface area contributed by atoms with Gasteiger partial charge in [0.25, 0.3) is 0 Å². The van der Waals surface area contributed by atoms with Crippen LogP contribution in [0.5, 0.6) is 0 Å². The first kappa shape index (κ1) is 36.3. The molecule has 14 rings (SSSR count). The van der Waals surface area contributed by atoms with Crippen molar-refractivity contribution >= 4 is 75.9 Å². The Bertz CT molecular complexity index is 4110. The Balaban J connectivity index is 0.973. The zero-order valence-electron chi connectivity index (χ0n) is 36.2. The third-order valence-corrected chi connectivity index (χ3v) is 14.7. The summed E-state index contributed by atoms with van der Waals surface area (Å²) in [5, 5.41) is 12.7. The molecule has 2 heteroatoms. The van der Waals surface area contributed by atoms with Crippen LogP contribution in [0, 0.1) is 0 Å². The van der Waals surface area contributed by atoms with E-state index >= 15 is 0 Å². The molecular weight excluding hydrogens is 785 g/mol. The number of hydrogen-bond acceptors (Lipinski definition) is 0. The van der Waals surface area contributed by atoms with Crippen molar-refractivity contribution in [2.24, 2.45) is 0 Å². The second-order valence-corrected chi connectivity index (χ2v) is 18.5. The van der Waals surface area contributed by atoms with Crippen LogP contribution in [0.25, 0.3) is 121 Å². The summed E-state index contributed by atoms with van der Waals surface area (Å²) in [5.41, 5.74) is 17.4. The molecule has 0 saturated heterocycles. The minimum atomic E-state index is -0.109. The molecule has 2 aromatic heterocycles. The molecule has 13 aromatic rings. The molecule has 0 aliphatic heterocycles. The summed E-state index contributed by atoms with van der Waals surface area (Å²) in [4.78, 5) is 0. The maximum absolute atomic E-state index is 2.49. The molecule has 1 aliphatic rings. The molecule has 0 unspecified atom stereocenters. The van der Waals surface area contributed by atoms with Gasteiger partial charge in [-0.25, -0.2) is 0 Å². The van der Waals surface area contributed by atoms with Crippen molar-refractivity contribution in [2.45, 2.75) is 19.3 Å². The summed E-state index contributed by atoms with van der Waals surface area (Å²) >= 11 is 0. The van der Waals surface area contributed by atoms with E-state index in [4.69, 9.17) is 0 Å². The van der Waals surface area contributed by atoms with Gasteiger partial charge in [0.1, 0.15) is 0 Å². The van der Waals surface area contributed by atoms with Gasteiger partial charge in [-0.2, -0.15) is 0 Å². The van der Waals surface area contributed by atoms with E-state index < -0.39 is 0 Å². The fraction of sp³-hybridized carbons (Fsp3) is 0.0476. The van der Waals surface area contributed by atoms with Gasteiger partial charge in [-0.3, -0.25) is 0 Å². The third kappa shape index (κ3) is 5.17. The summed E-state index contributed by atoms with van der Waals surface area (Å²) in [7, 11) is 0. The molecule has 0 saturated carbocycles. The highest BCUT2D eigenvalue weighted by atomic mass is 15.0. The van der Waals surface area contributed by atoms with E-state index in [0.717, 1.165) is 5.69 Å². The highest BCUT2D eigenvalue weighted by Gasteiger charge is 2.36. The summed E-state index contributed by atoms with van der Waals surface area (Å²) < 4.78 is 4.95. The lowest BCUT2D eigenvalue weighted by Crippen LogP contribution is -2.14. The maximum atomic E-state index is 2.49. The molecule has 0 atom stereocenters. The predicted octanol–water partition coefficient (Wildman–Crippen LogP) is 17.0. The van der Waals surface area contributed by atoms with Crippen molar-refractivity contribution in [3.63, 3.8) is 0 Å². The number of aromatic nitrogens is 2. The van der Waals surface area contributed by atoms with Crippen molar-refractivity contribution in [3.05, 3.63) is 230 Å². The van der Waals surface area contributed by atoms with Crippen LogP contribution in [-0.4, -0.2) is 9.13 Å². The Morgan fingerprint density at radius 2 is 0.769 bits per heavy atom. The number of fused-ring (bicyclic) bond motifs is 15. The lowest BCUT2D eigenvalue weighted by molar-refractivity contribution is 0.661. The molecule has 2 heterocycles. The molecule has 11 aromatic carbocycles. The minimum absolute atomic E-state index is 0.109. The second-order valence-electron chi connectivity index (χ2n) is 18.5. The Morgan fingerprint density at radius 1 is 0.262 bits per heavy atom. The predicted molar refractivity (Wildman–Crippen MR) is 276 cm³/mol. The molecule has 2 nitrogen and oxygen atoms in total. The number of hydrogen-bond donors (Lipinski definition) is 0. The SMILES string of the molecule is CC1(C)c2ccccc2-c2cc3c4cc(-c5ccc6c(c5)c5ccccc5n6-c5ccc6c7ccccc7c7ccccc7c6c5)ccc4n(-c4cccc(-c5ccccc5)c4)c3cc21. The first-order valence-corrected chi connectivity index (χ1v) is 22.8. The van der Waals surface area contributed by atoms with Crippen LogP contribution in [0.2, 0.25) is 0 Å². The van der Waals surface area contributed by atoms with Crippen molar-refractivity contribution in [2.75, 3.05) is 0 Å². The topological polar surface area (TPSA) is 9.86 Å². The molecule has 1 aliphatic carbocycles. The van der Waals surface area contributed by atoms with Crippen LogP contribution < -0.4 is 0 Å². The van der Waals surface area contributed by atoms with Crippen LogP contribution in [0.3, 0.4) is 0 Å². The maximum Gasteiger partial charge on any atom is 0.0544 e. The molecule has 0 amide bonds. The fourth-order valence-corrected chi connectivity index (χ4v) is 11.6. The smallest absolute Gasteiger partial charge is 0.0544 e. The second kappa shape index (κ2) is 13.4. The van der Waals surface area contributed by atoms with Gasteiger partial charge < -0.3 is 9.13 Å². The van der Waals surface area contributed by atoms with E-state index in [2.05, 4.69) is 241 Å². The van der Waals surface area contributed by atoms with E-state index in [0.29, 0.717) is 0 Å². The standard InChI is InChI=1S/C63H42N2/c1-63(2)57-25-12-10-23-50(57)53-37-56-55-35-42(28-32-61(55)65(62(56)38-58(53)63)43-18-14-17-40(33-43)39-15-4-3-5-16-39)41-27-31-60-54(34-41)51-24-11-13-26-59(51)64(60)44-29-30-49-47-21-7-6-19-45(47)46-20-8-9-22-48(46)52(49)36-44/h3-38H,1-2H3. The molecule has 0 spiro atoms. The Labute approximate surface area is 376 Å².